The fourth-order valence-electron chi connectivity index (χ4n) is 1.95. The summed E-state index contributed by atoms with van der Waals surface area (Å²) < 4.78 is 0. The van der Waals surface area contributed by atoms with E-state index in [1.165, 1.54) is 11.3 Å². The summed E-state index contributed by atoms with van der Waals surface area (Å²) in [6.45, 7) is 3.87. The lowest BCUT2D eigenvalue weighted by molar-refractivity contribution is 0.102. The van der Waals surface area contributed by atoms with Crippen LogP contribution in [0.4, 0.5) is 5.00 Å². The number of para-hydroxylation sites is 1. The summed E-state index contributed by atoms with van der Waals surface area (Å²) in [7, 11) is 0. The molecule has 1 amide bonds. The average molecular weight is 272 g/mol. The molecule has 0 saturated heterocycles. The van der Waals surface area contributed by atoms with Crippen molar-refractivity contribution in [3.63, 3.8) is 0 Å². The van der Waals surface area contributed by atoms with Crippen LogP contribution < -0.4 is 5.32 Å². The van der Waals surface area contributed by atoms with E-state index in [2.05, 4.69) is 20.5 Å². The predicted octanol–water partition coefficient (Wildman–Crippen LogP) is 2.89. The number of aryl methyl sites for hydroxylation is 2. The summed E-state index contributed by atoms with van der Waals surface area (Å²) in [4.78, 5) is 16.3. The molecular weight excluding hydrogens is 260 g/mol. The van der Waals surface area contributed by atoms with Gasteiger partial charge < -0.3 is 5.32 Å². The third-order valence-electron chi connectivity index (χ3n) is 2.87. The number of amides is 1. The first-order valence-corrected chi connectivity index (χ1v) is 6.64. The number of fused-ring (bicyclic) bond motifs is 1. The van der Waals surface area contributed by atoms with Gasteiger partial charge in [-0.25, -0.2) is 4.98 Å². The topological polar surface area (TPSA) is 70.7 Å². The van der Waals surface area contributed by atoms with Gasteiger partial charge >= 0.3 is 0 Å². The molecule has 96 valence electrons. The first-order chi connectivity index (χ1) is 9.15. The molecule has 1 aromatic carbocycles. The molecule has 0 aliphatic heterocycles. The Hall–Kier alpha value is -2.21. The largest absolute Gasteiger partial charge is 0.311 e. The quantitative estimate of drug-likeness (QED) is 0.753. The molecule has 0 spiro atoms. The predicted molar refractivity (Wildman–Crippen MR) is 75.6 cm³/mol. The van der Waals surface area contributed by atoms with E-state index < -0.39 is 0 Å². The van der Waals surface area contributed by atoms with Gasteiger partial charge in [0.05, 0.1) is 16.7 Å². The zero-order valence-corrected chi connectivity index (χ0v) is 11.3. The highest BCUT2D eigenvalue weighted by Gasteiger charge is 2.15. The number of nitrogens with zero attached hydrogens (tertiary/aromatic N) is 2. The van der Waals surface area contributed by atoms with Crippen LogP contribution in [0.15, 0.2) is 24.4 Å². The van der Waals surface area contributed by atoms with Crippen molar-refractivity contribution in [3.05, 3.63) is 40.7 Å². The van der Waals surface area contributed by atoms with Crippen LogP contribution in [0.5, 0.6) is 0 Å². The average Bonchev–Trinajstić information content (AvgIpc) is 2.96. The second-order valence-electron chi connectivity index (χ2n) is 4.27. The second kappa shape index (κ2) is 4.47. The van der Waals surface area contributed by atoms with Crippen molar-refractivity contribution in [2.45, 2.75) is 13.8 Å². The van der Waals surface area contributed by atoms with Crippen molar-refractivity contribution in [2.24, 2.45) is 0 Å². The summed E-state index contributed by atoms with van der Waals surface area (Å²) in [6.07, 6.45) is 1.65. The van der Waals surface area contributed by atoms with Crippen molar-refractivity contribution in [1.29, 1.82) is 0 Å². The Bertz CT molecular complexity index is 759. The molecule has 0 saturated carbocycles. The summed E-state index contributed by atoms with van der Waals surface area (Å²) in [5, 5.41) is 12.3. The minimum absolute atomic E-state index is 0.197. The number of H-pyrrole nitrogens is 1. The Kier molecular flexibility index (Phi) is 2.79. The van der Waals surface area contributed by atoms with Crippen molar-refractivity contribution < 1.29 is 4.79 Å². The zero-order chi connectivity index (χ0) is 13.4. The Balaban J connectivity index is 1.96. The molecule has 19 heavy (non-hydrogen) atoms. The van der Waals surface area contributed by atoms with Crippen LogP contribution >= 0.6 is 11.3 Å². The minimum Gasteiger partial charge on any atom is -0.311 e. The van der Waals surface area contributed by atoms with Gasteiger partial charge in [-0.05, 0) is 19.4 Å². The number of hydrogen-bond acceptors (Lipinski definition) is 4. The van der Waals surface area contributed by atoms with Crippen molar-refractivity contribution in [3.8, 4) is 0 Å². The van der Waals surface area contributed by atoms with Crippen LogP contribution in [0.3, 0.4) is 0 Å². The highest BCUT2D eigenvalue weighted by Crippen LogP contribution is 2.22. The molecule has 0 radical (unpaired) electrons. The van der Waals surface area contributed by atoms with Crippen LogP contribution in [0.1, 0.15) is 21.1 Å². The zero-order valence-electron chi connectivity index (χ0n) is 10.5. The van der Waals surface area contributed by atoms with Gasteiger partial charge in [0.1, 0.15) is 10.7 Å². The number of hydrogen-bond donors (Lipinski definition) is 2. The molecule has 0 unspecified atom stereocenters. The van der Waals surface area contributed by atoms with E-state index in [1.807, 2.05) is 32.0 Å². The standard InChI is InChI=1S/C13H12N4OS/c1-7-4-3-5-9-11(7)16-17-12(9)13(18)15-10-6-14-8(2)19-10/h3-6H,1-2H3,(H,15,18)(H,16,17). The van der Waals surface area contributed by atoms with Gasteiger partial charge in [0.25, 0.3) is 5.91 Å². The van der Waals surface area contributed by atoms with E-state index in [-0.39, 0.29) is 5.91 Å². The Labute approximate surface area is 113 Å². The van der Waals surface area contributed by atoms with Crippen LogP contribution in [0.25, 0.3) is 10.9 Å². The molecular formula is C13H12N4OS. The first-order valence-electron chi connectivity index (χ1n) is 5.82. The van der Waals surface area contributed by atoms with E-state index in [9.17, 15) is 4.79 Å². The second-order valence-corrected chi connectivity index (χ2v) is 5.50. The normalized spacial score (nSPS) is 10.8. The molecule has 3 rings (SSSR count). The van der Waals surface area contributed by atoms with Gasteiger partial charge in [-0.2, -0.15) is 5.10 Å². The van der Waals surface area contributed by atoms with Crippen LogP contribution in [-0.2, 0) is 0 Å². The highest BCUT2D eigenvalue weighted by atomic mass is 32.1. The van der Waals surface area contributed by atoms with Gasteiger partial charge in [-0.15, -0.1) is 11.3 Å². The lowest BCUT2D eigenvalue weighted by Gasteiger charge is -2.00. The molecule has 5 nitrogen and oxygen atoms in total. The summed E-state index contributed by atoms with van der Waals surface area (Å²) in [5.41, 5.74) is 2.35. The van der Waals surface area contributed by atoms with Crippen LogP contribution in [-0.4, -0.2) is 21.1 Å². The Morgan fingerprint density at radius 1 is 1.37 bits per heavy atom. The molecule has 2 heterocycles. The lowest BCUT2D eigenvalue weighted by atomic mass is 10.1. The number of aromatic amines is 1. The highest BCUT2D eigenvalue weighted by molar-refractivity contribution is 7.15. The number of carbonyl (C=O) groups is 1. The summed E-state index contributed by atoms with van der Waals surface area (Å²) in [5.74, 6) is -0.197. The number of nitrogens with one attached hydrogen (secondary N) is 2. The SMILES string of the molecule is Cc1ncc(NC(=O)c2[nH]nc3c(C)cccc23)s1. The number of rotatable bonds is 2. The number of aromatic nitrogens is 3. The van der Waals surface area contributed by atoms with Gasteiger partial charge in [-0.1, -0.05) is 18.2 Å². The minimum atomic E-state index is -0.197. The first kappa shape index (κ1) is 11.9. The van der Waals surface area contributed by atoms with Crippen molar-refractivity contribution >= 4 is 33.1 Å². The molecule has 3 aromatic rings. The molecule has 2 aromatic heterocycles. The smallest absolute Gasteiger partial charge is 0.274 e. The van der Waals surface area contributed by atoms with E-state index in [0.29, 0.717) is 5.69 Å². The number of anilines is 1. The van der Waals surface area contributed by atoms with Gasteiger partial charge in [-0.3, -0.25) is 9.89 Å². The Morgan fingerprint density at radius 3 is 2.95 bits per heavy atom. The maximum absolute atomic E-state index is 12.2. The summed E-state index contributed by atoms with van der Waals surface area (Å²) >= 11 is 1.44. The summed E-state index contributed by atoms with van der Waals surface area (Å²) in [6, 6.07) is 5.77. The lowest BCUT2D eigenvalue weighted by Crippen LogP contribution is -2.11. The number of thiazole rings is 1. The molecule has 0 bridgehead atoms. The molecule has 0 fully saturated rings. The third-order valence-corrected chi connectivity index (χ3v) is 3.70. The number of benzene rings is 1. The van der Waals surface area contributed by atoms with Crippen molar-refractivity contribution in [1.82, 2.24) is 15.2 Å². The van der Waals surface area contributed by atoms with E-state index in [1.54, 1.807) is 6.20 Å². The molecule has 0 aliphatic carbocycles. The van der Waals surface area contributed by atoms with E-state index >= 15 is 0 Å². The number of carbonyl (C=O) groups excluding carboxylic acids is 1. The fourth-order valence-corrected chi connectivity index (χ4v) is 2.62. The monoisotopic (exact) mass is 272 g/mol. The van der Waals surface area contributed by atoms with Crippen LogP contribution in [0, 0.1) is 13.8 Å². The van der Waals surface area contributed by atoms with Crippen LogP contribution in [0.2, 0.25) is 0 Å². The molecule has 6 heteroatoms. The van der Waals surface area contributed by atoms with Gasteiger partial charge in [0, 0.05) is 5.39 Å². The fraction of sp³-hybridized carbons (Fsp3) is 0.154. The maximum atomic E-state index is 12.2. The van der Waals surface area contributed by atoms with E-state index in [0.717, 1.165) is 26.5 Å². The maximum Gasteiger partial charge on any atom is 0.274 e. The molecule has 0 atom stereocenters. The molecule has 2 N–H and O–H groups in total. The third kappa shape index (κ3) is 2.10. The van der Waals surface area contributed by atoms with Gasteiger partial charge in [0.15, 0.2) is 0 Å². The van der Waals surface area contributed by atoms with Gasteiger partial charge in [0.2, 0.25) is 0 Å². The van der Waals surface area contributed by atoms with E-state index in [4.69, 9.17) is 0 Å². The molecule has 0 aliphatic rings. The van der Waals surface area contributed by atoms with Crippen molar-refractivity contribution in [2.75, 3.05) is 5.32 Å². The Morgan fingerprint density at radius 2 is 2.21 bits per heavy atom.